The average molecular weight is 275 g/mol. The van der Waals surface area contributed by atoms with Crippen molar-refractivity contribution in [2.24, 2.45) is 5.41 Å². The largest absolute Gasteiger partial charge is 0.377 e. The fourth-order valence-electron chi connectivity index (χ4n) is 2.85. The van der Waals surface area contributed by atoms with E-state index in [0.29, 0.717) is 17.6 Å². The van der Waals surface area contributed by atoms with Crippen molar-refractivity contribution in [3.05, 3.63) is 35.9 Å². The molecule has 1 aliphatic rings. The molecular formula is C18H29NO. The molecular weight excluding hydrogens is 246 g/mol. The molecule has 1 aliphatic heterocycles. The first-order valence-corrected chi connectivity index (χ1v) is 7.94. The minimum absolute atomic E-state index is 0.320. The Morgan fingerprint density at radius 1 is 1.20 bits per heavy atom. The summed E-state index contributed by atoms with van der Waals surface area (Å²) >= 11 is 0. The van der Waals surface area contributed by atoms with Crippen molar-refractivity contribution in [1.29, 1.82) is 0 Å². The summed E-state index contributed by atoms with van der Waals surface area (Å²) in [6.45, 7) is 8.82. The highest BCUT2D eigenvalue weighted by atomic mass is 16.5. The Hall–Kier alpha value is -0.860. The van der Waals surface area contributed by atoms with E-state index in [-0.39, 0.29) is 0 Å². The van der Waals surface area contributed by atoms with E-state index < -0.39 is 0 Å². The lowest BCUT2D eigenvalue weighted by Gasteiger charge is -2.30. The lowest BCUT2D eigenvalue weighted by Crippen LogP contribution is -2.35. The summed E-state index contributed by atoms with van der Waals surface area (Å²) in [5.74, 6) is 0. The monoisotopic (exact) mass is 275 g/mol. The van der Waals surface area contributed by atoms with Gasteiger partial charge < -0.3 is 10.1 Å². The molecule has 1 aromatic carbocycles. The van der Waals surface area contributed by atoms with Crippen LogP contribution < -0.4 is 5.32 Å². The minimum atomic E-state index is 0.320. The van der Waals surface area contributed by atoms with Crippen molar-refractivity contribution in [3.63, 3.8) is 0 Å². The molecule has 112 valence electrons. The Balaban J connectivity index is 1.95. The van der Waals surface area contributed by atoms with E-state index in [2.05, 4.69) is 56.4 Å². The number of hydrogen-bond acceptors (Lipinski definition) is 2. The first-order chi connectivity index (χ1) is 9.54. The smallest absolute Gasteiger partial charge is 0.0699 e. The molecule has 0 aliphatic carbocycles. The van der Waals surface area contributed by atoms with Gasteiger partial charge in [0.15, 0.2) is 0 Å². The highest BCUT2D eigenvalue weighted by Crippen LogP contribution is 2.29. The van der Waals surface area contributed by atoms with Crippen molar-refractivity contribution in [2.45, 2.75) is 58.6 Å². The second-order valence-corrected chi connectivity index (χ2v) is 7.12. The van der Waals surface area contributed by atoms with Crippen LogP contribution in [-0.4, -0.2) is 19.3 Å². The van der Waals surface area contributed by atoms with E-state index in [9.17, 15) is 0 Å². The predicted octanol–water partition coefficient (Wildman–Crippen LogP) is 4.32. The highest BCUT2D eigenvalue weighted by Gasteiger charge is 2.22. The third-order valence-electron chi connectivity index (χ3n) is 3.88. The molecule has 0 amide bonds. The van der Waals surface area contributed by atoms with Gasteiger partial charge in [0.1, 0.15) is 0 Å². The summed E-state index contributed by atoms with van der Waals surface area (Å²) < 4.78 is 5.83. The maximum absolute atomic E-state index is 5.83. The zero-order valence-electron chi connectivity index (χ0n) is 13.2. The van der Waals surface area contributed by atoms with Crippen molar-refractivity contribution in [1.82, 2.24) is 5.32 Å². The molecule has 0 saturated carbocycles. The van der Waals surface area contributed by atoms with E-state index in [0.717, 1.165) is 19.6 Å². The molecule has 0 spiro atoms. The molecule has 2 rings (SSSR count). The van der Waals surface area contributed by atoms with Crippen LogP contribution in [0.5, 0.6) is 0 Å². The van der Waals surface area contributed by atoms with Crippen molar-refractivity contribution in [3.8, 4) is 0 Å². The van der Waals surface area contributed by atoms with Gasteiger partial charge in [-0.2, -0.15) is 0 Å². The van der Waals surface area contributed by atoms with Crippen LogP contribution in [0.25, 0.3) is 0 Å². The van der Waals surface area contributed by atoms with Crippen molar-refractivity contribution >= 4 is 0 Å². The normalized spacial score (nSPS) is 21.6. The topological polar surface area (TPSA) is 21.3 Å². The molecule has 0 bridgehead atoms. The van der Waals surface area contributed by atoms with Crippen LogP contribution in [0, 0.1) is 5.41 Å². The van der Waals surface area contributed by atoms with Crippen LogP contribution >= 0.6 is 0 Å². The molecule has 2 heteroatoms. The van der Waals surface area contributed by atoms with Crippen molar-refractivity contribution in [2.75, 3.05) is 13.2 Å². The number of ether oxygens (including phenoxy) is 1. The Labute approximate surface area is 123 Å². The summed E-state index contributed by atoms with van der Waals surface area (Å²) in [4.78, 5) is 0. The molecule has 1 N–H and O–H groups in total. The van der Waals surface area contributed by atoms with E-state index >= 15 is 0 Å². The van der Waals surface area contributed by atoms with Crippen LogP contribution in [0.4, 0.5) is 0 Å². The van der Waals surface area contributed by atoms with Gasteiger partial charge in [0.25, 0.3) is 0 Å². The van der Waals surface area contributed by atoms with Gasteiger partial charge in [-0.3, -0.25) is 0 Å². The molecule has 1 aromatic rings. The molecule has 2 atom stereocenters. The average Bonchev–Trinajstić information content (AvgIpc) is 2.44. The molecule has 1 heterocycles. The van der Waals surface area contributed by atoms with Crippen LogP contribution in [0.3, 0.4) is 0 Å². The Morgan fingerprint density at radius 3 is 2.55 bits per heavy atom. The van der Waals surface area contributed by atoms with E-state index in [4.69, 9.17) is 4.74 Å². The maximum Gasteiger partial charge on any atom is 0.0699 e. The summed E-state index contributed by atoms with van der Waals surface area (Å²) in [5, 5.41) is 3.74. The van der Waals surface area contributed by atoms with Crippen molar-refractivity contribution < 1.29 is 4.74 Å². The van der Waals surface area contributed by atoms with Gasteiger partial charge in [0.2, 0.25) is 0 Å². The van der Waals surface area contributed by atoms with Gasteiger partial charge in [0.05, 0.1) is 6.10 Å². The molecule has 0 aromatic heterocycles. The predicted molar refractivity (Wildman–Crippen MR) is 84.8 cm³/mol. The van der Waals surface area contributed by atoms with Gasteiger partial charge in [-0.25, -0.2) is 0 Å². The molecule has 2 nitrogen and oxygen atoms in total. The molecule has 1 fully saturated rings. The number of rotatable bonds is 5. The third-order valence-corrected chi connectivity index (χ3v) is 3.88. The van der Waals surface area contributed by atoms with Gasteiger partial charge in [-0.05, 0) is 36.7 Å². The zero-order valence-corrected chi connectivity index (χ0v) is 13.2. The van der Waals surface area contributed by atoms with E-state index in [1.54, 1.807) is 0 Å². The molecule has 0 radical (unpaired) electrons. The van der Waals surface area contributed by atoms with Gasteiger partial charge in [0, 0.05) is 19.2 Å². The van der Waals surface area contributed by atoms with E-state index in [1.807, 2.05) is 0 Å². The number of hydrogen-bond donors (Lipinski definition) is 1. The first-order valence-electron chi connectivity index (χ1n) is 7.94. The van der Waals surface area contributed by atoms with Crippen LogP contribution in [0.1, 0.15) is 58.1 Å². The molecule has 20 heavy (non-hydrogen) atoms. The Kier molecular flexibility index (Phi) is 5.62. The van der Waals surface area contributed by atoms with Gasteiger partial charge >= 0.3 is 0 Å². The summed E-state index contributed by atoms with van der Waals surface area (Å²) in [6, 6.07) is 11.2. The Bertz CT molecular complexity index is 376. The summed E-state index contributed by atoms with van der Waals surface area (Å²) in [5.41, 5.74) is 1.71. The maximum atomic E-state index is 5.83. The molecule has 2 unspecified atom stereocenters. The fourth-order valence-corrected chi connectivity index (χ4v) is 2.85. The highest BCUT2D eigenvalue weighted by molar-refractivity contribution is 5.19. The number of benzene rings is 1. The third kappa shape index (κ3) is 5.26. The lowest BCUT2D eigenvalue weighted by atomic mass is 9.85. The second kappa shape index (κ2) is 7.24. The lowest BCUT2D eigenvalue weighted by molar-refractivity contribution is 0.0145. The summed E-state index contributed by atoms with van der Waals surface area (Å²) in [6.07, 6.45) is 5.27. The SMILES string of the molecule is CC(C)(C)CC(NCC1CCCCO1)c1ccccc1. The van der Waals surface area contributed by atoms with Crippen LogP contribution in [0.2, 0.25) is 0 Å². The quantitative estimate of drug-likeness (QED) is 0.864. The summed E-state index contributed by atoms with van der Waals surface area (Å²) in [7, 11) is 0. The van der Waals surface area contributed by atoms with Gasteiger partial charge in [-0.1, -0.05) is 51.1 Å². The molecule has 1 saturated heterocycles. The van der Waals surface area contributed by atoms with Crippen LogP contribution in [-0.2, 0) is 4.74 Å². The zero-order chi connectivity index (χ0) is 14.4. The van der Waals surface area contributed by atoms with Gasteiger partial charge in [-0.15, -0.1) is 0 Å². The minimum Gasteiger partial charge on any atom is -0.377 e. The second-order valence-electron chi connectivity index (χ2n) is 7.12. The van der Waals surface area contributed by atoms with Crippen LogP contribution in [0.15, 0.2) is 30.3 Å². The first kappa shape index (κ1) is 15.5. The standard InChI is InChI=1S/C18H29NO/c1-18(2,3)13-17(15-9-5-4-6-10-15)19-14-16-11-7-8-12-20-16/h4-6,9-10,16-17,19H,7-8,11-14H2,1-3H3. The van der Waals surface area contributed by atoms with E-state index in [1.165, 1.54) is 24.8 Å². The Morgan fingerprint density at radius 2 is 1.95 bits per heavy atom. The fraction of sp³-hybridized carbons (Fsp3) is 0.667. The number of nitrogens with one attached hydrogen (secondary N) is 1.